The van der Waals surface area contributed by atoms with E-state index in [9.17, 15) is 4.79 Å². The van der Waals surface area contributed by atoms with Gasteiger partial charge in [-0.15, -0.1) is 0 Å². The SMILES string of the molecule is Cc1nn(-c2ncccn2)c2c1C(c1ccccc1OC(C)C)CC(=O)N2. The number of anilines is 1. The van der Waals surface area contributed by atoms with E-state index in [2.05, 4.69) is 20.4 Å². The van der Waals surface area contributed by atoms with Crippen LogP contribution in [0.3, 0.4) is 0 Å². The summed E-state index contributed by atoms with van der Waals surface area (Å²) in [7, 11) is 0. The van der Waals surface area contributed by atoms with Gasteiger partial charge in [-0.1, -0.05) is 18.2 Å². The summed E-state index contributed by atoms with van der Waals surface area (Å²) in [6, 6.07) is 9.61. The molecule has 1 amide bonds. The van der Waals surface area contributed by atoms with Crippen LogP contribution in [0.15, 0.2) is 42.7 Å². The van der Waals surface area contributed by atoms with Gasteiger partial charge in [0.1, 0.15) is 11.6 Å². The van der Waals surface area contributed by atoms with Crippen molar-refractivity contribution in [3.63, 3.8) is 0 Å². The van der Waals surface area contributed by atoms with Gasteiger partial charge in [-0.25, -0.2) is 9.97 Å². The minimum absolute atomic E-state index is 0.0459. The first kappa shape index (κ1) is 17.2. The maximum atomic E-state index is 12.5. The van der Waals surface area contributed by atoms with Crippen molar-refractivity contribution < 1.29 is 9.53 Å². The van der Waals surface area contributed by atoms with Crippen molar-refractivity contribution in [3.8, 4) is 11.7 Å². The maximum absolute atomic E-state index is 12.5. The summed E-state index contributed by atoms with van der Waals surface area (Å²) in [5.74, 6) is 1.64. The summed E-state index contributed by atoms with van der Waals surface area (Å²) in [6.07, 6.45) is 3.69. The number of carbonyl (C=O) groups excluding carboxylic acids is 1. The number of aryl methyl sites for hydroxylation is 1. The molecule has 7 heteroatoms. The Hall–Kier alpha value is -3.22. The first-order chi connectivity index (χ1) is 13.0. The Morgan fingerprint density at radius 3 is 2.67 bits per heavy atom. The molecular weight excluding hydrogens is 342 g/mol. The molecule has 7 nitrogen and oxygen atoms in total. The van der Waals surface area contributed by atoms with Crippen LogP contribution in [0, 0.1) is 6.92 Å². The van der Waals surface area contributed by atoms with Gasteiger partial charge in [0.05, 0.1) is 11.8 Å². The van der Waals surface area contributed by atoms with Gasteiger partial charge in [-0.2, -0.15) is 9.78 Å². The number of para-hydroxylation sites is 1. The molecule has 138 valence electrons. The minimum Gasteiger partial charge on any atom is -0.491 e. The van der Waals surface area contributed by atoms with Crippen LogP contribution in [-0.4, -0.2) is 31.8 Å². The van der Waals surface area contributed by atoms with Crippen LogP contribution in [0.1, 0.15) is 43.0 Å². The quantitative estimate of drug-likeness (QED) is 0.769. The zero-order chi connectivity index (χ0) is 19.0. The third-order valence-electron chi connectivity index (χ3n) is 4.50. The summed E-state index contributed by atoms with van der Waals surface area (Å²) < 4.78 is 7.59. The van der Waals surface area contributed by atoms with Gasteiger partial charge in [0.25, 0.3) is 5.95 Å². The van der Waals surface area contributed by atoms with E-state index in [-0.39, 0.29) is 17.9 Å². The predicted molar refractivity (Wildman–Crippen MR) is 101 cm³/mol. The van der Waals surface area contributed by atoms with E-state index in [1.165, 1.54) is 0 Å². The number of hydrogen-bond donors (Lipinski definition) is 1. The zero-order valence-electron chi connectivity index (χ0n) is 15.5. The van der Waals surface area contributed by atoms with Crippen LogP contribution in [0.2, 0.25) is 0 Å². The van der Waals surface area contributed by atoms with Gasteiger partial charge in [0.2, 0.25) is 5.91 Å². The molecule has 3 heterocycles. The second-order valence-corrected chi connectivity index (χ2v) is 6.82. The van der Waals surface area contributed by atoms with Crippen LogP contribution < -0.4 is 10.1 Å². The summed E-state index contributed by atoms with van der Waals surface area (Å²) in [5, 5.41) is 7.55. The van der Waals surface area contributed by atoms with Gasteiger partial charge < -0.3 is 10.1 Å². The summed E-state index contributed by atoms with van der Waals surface area (Å²) >= 11 is 0. The highest BCUT2D eigenvalue weighted by Gasteiger charge is 2.34. The second kappa shape index (κ2) is 6.83. The first-order valence-electron chi connectivity index (χ1n) is 8.97. The smallest absolute Gasteiger partial charge is 0.252 e. The number of rotatable bonds is 4. The van der Waals surface area contributed by atoms with E-state index < -0.39 is 0 Å². The Kier molecular flexibility index (Phi) is 4.35. The molecule has 3 aromatic rings. The third kappa shape index (κ3) is 3.16. The van der Waals surface area contributed by atoms with Crippen molar-refractivity contribution >= 4 is 11.7 Å². The highest BCUT2D eigenvalue weighted by atomic mass is 16.5. The summed E-state index contributed by atoms with van der Waals surface area (Å²) in [6.45, 7) is 5.92. The fraction of sp³-hybridized carbons (Fsp3) is 0.300. The second-order valence-electron chi connectivity index (χ2n) is 6.82. The largest absolute Gasteiger partial charge is 0.491 e. The highest BCUT2D eigenvalue weighted by molar-refractivity contribution is 5.95. The number of nitrogens with one attached hydrogen (secondary N) is 1. The molecule has 1 unspecified atom stereocenters. The fourth-order valence-corrected chi connectivity index (χ4v) is 3.49. The van der Waals surface area contributed by atoms with Gasteiger partial charge >= 0.3 is 0 Å². The lowest BCUT2D eigenvalue weighted by molar-refractivity contribution is -0.116. The Morgan fingerprint density at radius 2 is 1.93 bits per heavy atom. The normalized spacial score (nSPS) is 16.1. The van der Waals surface area contributed by atoms with Crippen molar-refractivity contribution in [3.05, 3.63) is 59.5 Å². The molecule has 0 aliphatic carbocycles. The monoisotopic (exact) mass is 363 g/mol. The number of ether oxygens (including phenoxy) is 1. The summed E-state index contributed by atoms with van der Waals surface area (Å²) in [4.78, 5) is 21.0. The predicted octanol–water partition coefficient (Wildman–Crippen LogP) is 3.23. The van der Waals surface area contributed by atoms with Crippen molar-refractivity contribution in [2.45, 2.75) is 39.2 Å². The molecule has 1 atom stereocenters. The van der Waals surface area contributed by atoms with Gasteiger partial charge in [0, 0.05) is 35.9 Å². The highest BCUT2D eigenvalue weighted by Crippen LogP contribution is 2.42. The van der Waals surface area contributed by atoms with Crippen molar-refractivity contribution in [2.24, 2.45) is 0 Å². The topological polar surface area (TPSA) is 81.9 Å². The van der Waals surface area contributed by atoms with Crippen LogP contribution in [0.4, 0.5) is 5.82 Å². The molecule has 27 heavy (non-hydrogen) atoms. The van der Waals surface area contributed by atoms with Crippen molar-refractivity contribution in [1.29, 1.82) is 0 Å². The lowest BCUT2D eigenvalue weighted by atomic mass is 9.85. The number of nitrogens with zero attached hydrogens (tertiary/aromatic N) is 4. The molecule has 4 rings (SSSR count). The Labute approximate surface area is 157 Å². The number of carbonyl (C=O) groups is 1. The molecule has 0 fully saturated rings. The number of benzene rings is 1. The minimum atomic E-state index is -0.138. The molecule has 0 saturated heterocycles. The molecule has 1 aliphatic rings. The van der Waals surface area contributed by atoms with E-state index in [0.29, 0.717) is 18.2 Å². The van der Waals surface area contributed by atoms with E-state index in [1.54, 1.807) is 23.1 Å². The number of hydrogen-bond acceptors (Lipinski definition) is 5. The summed E-state index contributed by atoms with van der Waals surface area (Å²) in [5.41, 5.74) is 2.79. The van der Waals surface area contributed by atoms with E-state index in [4.69, 9.17) is 4.74 Å². The average molecular weight is 363 g/mol. The van der Waals surface area contributed by atoms with Gasteiger partial charge in [0.15, 0.2) is 0 Å². The van der Waals surface area contributed by atoms with E-state index in [0.717, 1.165) is 22.6 Å². The van der Waals surface area contributed by atoms with E-state index in [1.807, 2.05) is 45.0 Å². The third-order valence-corrected chi connectivity index (χ3v) is 4.50. The molecule has 0 bridgehead atoms. The molecule has 0 spiro atoms. The molecular formula is C20H21N5O2. The first-order valence-corrected chi connectivity index (χ1v) is 8.97. The molecule has 1 aliphatic heterocycles. The van der Waals surface area contributed by atoms with Gasteiger partial charge in [-0.05, 0) is 32.9 Å². The standard InChI is InChI=1S/C20H21N5O2/c1-12(2)27-16-8-5-4-7-14(16)15-11-17(26)23-19-18(15)13(3)24-25(19)20-21-9-6-10-22-20/h4-10,12,15H,11H2,1-3H3,(H,23,26). The van der Waals surface area contributed by atoms with Gasteiger partial charge in [-0.3, -0.25) is 4.79 Å². The van der Waals surface area contributed by atoms with Crippen LogP contribution in [-0.2, 0) is 4.79 Å². The number of fused-ring (bicyclic) bond motifs is 1. The van der Waals surface area contributed by atoms with Crippen LogP contribution in [0.5, 0.6) is 5.75 Å². The Balaban J connectivity index is 1.86. The number of aromatic nitrogens is 4. The van der Waals surface area contributed by atoms with Crippen molar-refractivity contribution in [1.82, 2.24) is 19.7 Å². The molecule has 1 aromatic carbocycles. The molecule has 0 saturated carbocycles. The number of amides is 1. The van der Waals surface area contributed by atoms with Crippen molar-refractivity contribution in [2.75, 3.05) is 5.32 Å². The molecule has 0 radical (unpaired) electrons. The lowest BCUT2D eigenvalue weighted by Gasteiger charge is -2.26. The molecule has 1 N–H and O–H groups in total. The van der Waals surface area contributed by atoms with Crippen LogP contribution >= 0.6 is 0 Å². The molecule has 2 aromatic heterocycles. The van der Waals surface area contributed by atoms with E-state index >= 15 is 0 Å². The fourth-order valence-electron chi connectivity index (χ4n) is 3.49. The zero-order valence-corrected chi connectivity index (χ0v) is 15.5. The van der Waals surface area contributed by atoms with Crippen LogP contribution in [0.25, 0.3) is 5.95 Å². The lowest BCUT2D eigenvalue weighted by Crippen LogP contribution is -2.25. The average Bonchev–Trinajstić information content (AvgIpc) is 2.98. The Bertz CT molecular complexity index is 981. The maximum Gasteiger partial charge on any atom is 0.252 e. The Morgan fingerprint density at radius 1 is 1.19 bits per heavy atom.